The molecular weight excluding hydrogens is 346 g/mol. The minimum Gasteiger partial charge on any atom is -0.355 e. The number of aryl methyl sites for hydroxylation is 1. The van der Waals surface area contributed by atoms with Gasteiger partial charge in [0.2, 0.25) is 0 Å². The largest absolute Gasteiger partial charge is 0.355 e. The monoisotopic (exact) mass is 373 g/mol. The zero-order chi connectivity index (χ0) is 19.8. The van der Waals surface area contributed by atoms with Gasteiger partial charge < -0.3 is 14.8 Å². The van der Waals surface area contributed by atoms with Crippen LogP contribution in [0.4, 0.5) is 0 Å². The standard InChI is InChI=1S/C24H27N3O/c1-16-8-9-22-20(12-16)21-15-26(4)11-10-23(21)27(22)14-17(2)18-6-5-7-19(13-18)24(28)25-3/h5-9,12-14H,10-11,15H2,1-4H3,(H,25,28). The topological polar surface area (TPSA) is 37.3 Å². The Balaban J connectivity index is 1.85. The van der Waals surface area contributed by atoms with E-state index < -0.39 is 0 Å². The molecule has 1 N–H and O–H groups in total. The second kappa shape index (κ2) is 7.28. The number of allylic oxidation sites excluding steroid dienone is 1. The van der Waals surface area contributed by atoms with Crippen LogP contribution in [0, 0.1) is 6.92 Å². The summed E-state index contributed by atoms with van der Waals surface area (Å²) in [5.74, 6) is -0.0584. The smallest absolute Gasteiger partial charge is 0.251 e. The van der Waals surface area contributed by atoms with Crippen molar-refractivity contribution >= 4 is 28.6 Å². The van der Waals surface area contributed by atoms with E-state index in [2.05, 4.69) is 66.1 Å². The third-order valence-corrected chi connectivity index (χ3v) is 5.66. The van der Waals surface area contributed by atoms with E-state index in [1.807, 2.05) is 18.2 Å². The Morgan fingerprint density at radius 2 is 1.93 bits per heavy atom. The fourth-order valence-corrected chi connectivity index (χ4v) is 4.11. The highest BCUT2D eigenvalue weighted by Gasteiger charge is 2.21. The molecule has 28 heavy (non-hydrogen) atoms. The maximum atomic E-state index is 12.0. The number of carbonyl (C=O) groups is 1. The number of benzene rings is 2. The van der Waals surface area contributed by atoms with Crippen LogP contribution in [0.25, 0.3) is 22.7 Å². The van der Waals surface area contributed by atoms with Gasteiger partial charge in [0.25, 0.3) is 5.91 Å². The normalized spacial score (nSPS) is 14.9. The minimum atomic E-state index is -0.0584. The van der Waals surface area contributed by atoms with Crippen molar-refractivity contribution in [2.24, 2.45) is 0 Å². The second-order valence-electron chi connectivity index (χ2n) is 7.78. The first-order chi connectivity index (χ1) is 13.5. The van der Waals surface area contributed by atoms with Crippen molar-refractivity contribution in [3.63, 3.8) is 0 Å². The molecule has 4 nitrogen and oxygen atoms in total. The lowest BCUT2D eigenvalue weighted by molar-refractivity contribution is 0.0963. The number of hydrogen-bond donors (Lipinski definition) is 1. The maximum absolute atomic E-state index is 12.0. The van der Waals surface area contributed by atoms with E-state index in [1.54, 1.807) is 7.05 Å². The Morgan fingerprint density at radius 3 is 2.71 bits per heavy atom. The van der Waals surface area contributed by atoms with E-state index in [0.29, 0.717) is 5.56 Å². The van der Waals surface area contributed by atoms with Gasteiger partial charge in [-0.15, -0.1) is 0 Å². The van der Waals surface area contributed by atoms with Crippen LogP contribution in [0.5, 0.6) is 0 Å². The molecule has 0 aliphatic carbocycles. The van der Waals surface area contributed by atoms with Crippen molar-refractivity contribution < 1.29 is 4.79 Å². The van der Waals surface area contributed by atoms with Crippen molar-refractivity contribution in [3.8, 4) is 0 Å². The summed E-state index contributed by atoms with van der Waals surface area (Å²) in [5.41, 5.74) is 8.29. The predicted octanol–water partition coefficient (Wildman–Crippen LogP) is 4.32. The SMILES string of the molecule is CNC(=O)c1cccc(C(C)=Cn2c3c(c4cc(C)ccc42)CN(C)CC3)c1. The summed E-state index contributed by atoms with van der Waals surface area (Å²) in [6.07, 6.45) is 3.27. The van der Waals surface area contributed by atoms with Gasteiger partial charge in [0.1, 0.15) is 0 Å². The van der Waals surface area contributed by atoms with Crippen LogP contribution in [0.3, 0.4) is 0 Å². The average molecular weight is 374 g/mol. The number of carbonyl (C=O) groups excluding carboxylic acids is 1. The van der Waals surface area contributed by atoms with Gasteiger partial charge in [-0.3, -0.25) is 4.79 Å². The van der Waals surface area contributed by atoms with E-state index in [0.717, 1.165) is 30.6 Å². The van der Waals surface area contributed by atoms with Crippen LogP contribution in [-0.4, -0.2) is 36.0 Å². The number of rotatable bonds is 3. The lowest BCUT2D eigenvalue weighted by Crippen LogP contribution is -2.26. The summed E-state index contributed by atoms with van der Waals surface area (Å²) in [4.78, 5) is 14.4. The molecular formula is C24H27N3O. The van der Waals surface area contributed by atoms with Crippen LogP contribution in [0.15, 0.2) is 42.5 Å². The van der Waals surface area contributed by atoms with Crippen LogP contribution in [-0.2, 0) is 13.0 Å². The molecule has 4 heteroatoms. The maximum Gasteiger partial charge on any atom is 0.251 e. The van der Waals surface area contributed by atoms with E-state index in [4.69, 9.17) is 0 Å². The predicted molar refractivity (Wildman–Crippen MR) is 116 cm³/mol. The molecule has 0 fully saturated rings. The van der Waals surface area contributed by atoms with Gasteiger partial charge in [-0.05, 0) is 61.9 Å². The van der Waals surface area contributed by atoms with E-state index in [1.165, 1.54) is 27.7 Å². The molecule has 3 aromatic rings. The van der Waals surface area contributed by atoms with Gasteiger partial charge in [-0.25, -0.2) is 0 Å². The number of nitrogens with zero attached hydrogens (tertiary/aromatic N) is 2. The Kier molecular flexibility index (Phi) is 4.82. The molecule has 1 aliphatic heterocycles. The van der Waals surface area contributed by atoms with E-state index in [9.17, 15) is 4.79 Å². The number of aromatic nitrogens is 1. The molecule has 0 saturated heterocycles. The highest BCUT2D eigenvalue weighted by Crippen LogP contribution is 2.32. The Hall–Kier alpha value is -2.85. The lowest BCUT2D eigenvalue weighted by Gasteiger charge is -2.23. The molecule has 1 aliphatic rings. The zero-order valence-electron chi connectivity index (χ0n) is 17.0. The first kappa shape index (κ1) is 18.5. The Labute approximate surface area is 166 Å². The minimum absolute atomic E-state index is 0.0584. The molecule has 1 amide bonds. The summed E-state index contributed by atoms with van der Waals surface area (Å²) >= 11 is 0. The lowest BCUT2D eigenvalue weighted by atomic mass is 10.0. The molecule has 0 unspecified atom stereocenters. The molecule has 0 bridgehead atoms. The fraction of sp³-hybridized carbons (Fsp3) is 0.292. The van der Waals surface area contributed by atoms with Gasteiger partial charge in [-0.2, -0.15) is 0 Å². The van der Waals surface area contributed by atoms with Gasteiger partial charge in [0.05, 0.1) is 5.52 Å². The molecule has 1 aromatic heterocycles. The van der Waals surface area contributed by atoms with Crippen molar-refractivity contribution in [2.45, 2.75) is 26.8 Å². The summed E-state index contributed by atoms with van der Waals surface area (Å²) in [6, 6.07) is 14.5. The van der Waals surface area contributed by atoms with E-state index >= 15 is 0 Å². The van der Waals surface area contributed by atoms with Crippen molar-refractivity contribution in [2.75, 3.05) is 20.6 Å². The molecule has 2 aromatic carbocycles. The molecule has 0 spiro atoms. The zero-order valence-corrected chi connectivity index (χ0v) is 17.0. The Bertz CT molecular complexity index is 1090. The first-order valence-electron chi connectivity index (χ1n) is 9.79. The molecule has 0 atom stereocenters. The summed E-state index contributed by atoms with van der Waals surface area (Å²) < 4.78 is 2.36. The van der Waals surface area contributed by atoms with Gasteiger partial charge in [0, 0.05) is 49.4 Å². The van der Waals surface area contributed by atoms with Crippen molar-refractivity contribution in [3.05, 3.63) is 70.4 Å². The van der Waals surface area contributed by atoms with Crippen LogP contribution in [0.1, 0.15) is 39.7 Å². The van der Waals surface area contributed by atoms with Crippen LogP contribution in [0.2, 0.25) is 0 Å². The molecule has 2 heterocycles. The quantitative estimate of drug-likeness (QED) is 0.743. The fourth-order valence-electron chi connectivity index (χ4n) is 4.11. The molecule has 0 saturated carbocycles. The molecule has 4 rings (SSSR count). The third-order valence-electron chi connectivity index (χ3n) is 5.66. The third kappa shape index (κ3) is 3.25. The van der Waals surface area contributed by atoms with Gasteiger partial charge in [-0.1, -0.05) is 23.8 Å². The Morgan fingerprint density at radius 1 is 1.14 bits per heavy atom. The number of likely N-dealkylation sites (N-methyl/N-ethyl adjacent to an activating group) is 1. The van der Waals surface area contributed by atoms with Crippen LogP contribution < -0.4 is 5.32 Å². The number of hydrogen-bond acceptors (Lipinski definition) is 2. The molecule has 0 radical (unpaired) electrons. The van der Waals surface area contributed by atoms with Crippen molar-refractivity contribution in [1.82, 2.24) is 14.8 Å². The highest BCUT2D eigenvalue weighted by molar-refractivity contribution is 5.95. The van der Waals surface area contributed by atoms with Crippen LogP contribution >= 0.6 is 0 Å². The average Bonchev–Trinajstić information content (AvgIpc) is 2.99. The molecule has 144 valence electrons. The number of nitrogens with one attached hydrogen (secondary N) is 1. The second-order valence-corrected chi connectivity index (χ2v) is 7.78. The number of fused-ring (bicyclic) bond motifs is 3. The highest BCUT2D eigenvalue weighted by atomic mass is 16.1. The first-order valence-corrected chi connectivity index (χ1v) is 9.79. The van der Waals surface area contributed by atoms with Crippen molar-refractivity contribution in [1.29, 1.82) is 0 Å². The van der Waals surface area contributed by atoms with Gasteiger partial charge >= 0.3 is 0 Å². The van der Waals surface area contributed by atoms with Gasteiger partial charge in [0.15, 0.2) is 0 Å². The summed E-state index contributed by atoms with van der Waals surface area (Å²) in [6.45, 7) is 6.33. The number of amides is 1. The summed E-state index contributed by atoms with van der Waals surface area (Å²) in [7, 11) is 3.85. The summed E-state index contributed by atoms with van der Waals surface area (Å²) in [5, 5.41) is 4.05. The van der Waals surface area contributed by atoms with E-state index in [-0.39, 0.29) is 5.91 Å².